The predicted octanol–water partition coefficient (Wildman–Crippen LogP) is 6.39. The van der Waals surface area contributed by atoms with E-state index in [0.29, 0.717) is 0 Å². The van der Waals surface area contributed by atoms with Gasteiger partial charge in [-0.3, -0.25) is 0 Å². The normalized spacial score (nSPS) is 15.1. The van der Waals surface area contributed by atoms with E-state index in [1.54, 1.807) is 0 Å². The van der Waals surface area contributed by atoms with E-state index >= 15 is 0 Å². The van der Waals surface area contributed by atoms with E-state index in [-0.39, 0.29) is 18.8 Å². The molecule has 0 aliphatic rings. The van der Waals surface area contributed by atoms with Crippen molar-refractivity contribution in [3.63, 3.8) is 0 Å². The van der Waals surface area contributed by atoms with E-state index in [0.717, 1.165) is 19.3 Å². The first-order valence-corrected chi connectivity index (χ1v) is 11.6. The highest BCUT2D eigenvalue weighted by atomic mass is 16.5. The van der Waals surface area contributed by atoms with Gasteiger partial charge >= 0.3 is 0 Å². The summed E-state index contributed by atoms with van der Waals surface area (Å²) >= 11 is 0. The van der Waals surface area contributed by atoms with Crippen LogP contribution >= 0.6 is 0 Å². The van der Waals surface area contributed by atoms with Gasteiger partial charge in [0, 0.05) is 0 Å². The Kier molecular flexibility index (Phi) is 19.5. The molecule has 0 amide bonds. The molecule has 0 aromatic heterocycles. The molecule has 0 aliphatic carbocycles. The second-order valence-corrected chi connectivity index (χ2v) is 8.06. The van der Waals surface area contributed by atoms with E-state index in [1.165, 1.54) is 83.5 Å². The number of unbranched alkanes of at least 4 members (excludes halogenated alkanes) is 12. The van der Waals surface area contributed by atoms with E-state index in [1.807, 2.05) is 0 Å². The summed E-state index contributed by atoms with van der Waals surface area (Å²) in [7, 11) is 0. The molecule has 0 heterocycles. The summed E-state index contributed by atoms with van der Waals surface area (Å²) in [4.78, 5) is 0. The van der Waals surface area contributed by atoms with Gasteiger partial charge in [-0.2, -0.15) is 0 Å². The molecule has 3 heteroatoms. The maximum atomic E-state index is 10.0. The van der Waals surface area contributed by atoms with Crippen LogP contribution in [-0.2, 0) is 4.74 Å². The molecule has 0 saturated heterocycles. The van der Waals surface area contributed by atoms with Crippen molar-refractivity contribution in [2.45, 2.75) is 142 Å². The first-order valence-electron chi connectivity index (χ1n) is 11.6. The molecular formula is C23H48O3. The number of aliphatic hydroxyl groups is 2. The van der Waals surface area contributed by atoms with Crippen molar-refractivity contribution in [3.05, 3.63) is 0 Å². The lowest BCUT2D eigenvalue weighted by atomic mass is 10.0. The van der Waals surface area contributed by atoms with Crippen LogP contribution in [0.1, 0.15) is 124 Å². The highest BCUT2D eigenvalue weighted by molar-refractivity contribution is 4.70. The number of rotatable bonds is 20. The molecule has 0 aromatic rings. The summed E-state index contributed by atoms with van der Waals surface area (Å²) in [5.74, 6) is 0. The van der Waals surface area contributed by atoms with Gasteiger partial charge in [-0.15, -0.1) is 0 Å². The Morgan fingerprint density at radius 1 is 0.654 bits per heavy atom. The molecule has 0 aliphatic heterocycles. The summed E-state index contributed by atoms with van der Waals surface area (Å²) in [6, 6.07) is 0. The summed E-state index contributed by atoms with van der Waals surface area (Å²) in [5.41, 5.74) is 0. The van der Waals surface area contributed by atoms with Gasteiger partial charge in [0.25, 0.3) is 0 Å². The third kappa shape index (κ3) is 16.1. The Balaban J connectivity index is 3.77. The summed E-state index contributed by atoms with van der Waals surface area (Å²) in [6.45, 7) is 6.38. The molecule has 0 spiro atoms. The average Bonchev–Trinajstić information content (AvgIpc) is 2.65. The summed E-state index contributed by atoms with van der Waals surface area (Å²) in [5, 5.41) is 19.3. The quantitative estimate of drug-likeness (QED) is 0.243. The fraction of sp³-hybridized carbons (Fsp3) is 1.00. The monoisotopic (exact) mass is 372 g/mol. The molecule has 0 bridgehead atoms. The van der Waals surface area contributed by atoms with Crippen molar-refractivity contribution in [2.75, 3.05) is 6.61 Å². The Hall–Kier alpha value is -0.120. The maximum absolute atomic E-state index is 10.0. The molecule has 2 N–H and O–H groups in total. The van der Waals surface area contributed by atoms with Crippen LogP contribution in [0.5, 0.6) is 0 Å². The Morgan fingerprint density at radius 2 is 1.08 bits per heavy atom. The van der Waals surface area contributed by atoms with Crippen molar-refractivity contribution in [2.24, 2.45) is 0 Å². The van der Waals surface area contributed by atoms with Crippen LogP contribution in [0.2, 0.25) is 0 Å². The van der Waals surface area contributed by atoms with Gasteiger partial charge in [-0.05, 0) is 19.8 Å². The van der Waals surface area contributed by atoms with Gasteiger partial charge in [0.05, 0.1) is 18.8 Å². The largest absolute Gasteiger partial charge is 0.394 e. The molecule has 0 fully saturated rings. The van der Waals surface area contributed by atoms with E-state index in [9.17, 15) is 10.2 Å². The van der Waals surface area contributed by atoms with Crippen molar-refractivity contribution in [1.29, 1.82) is 0 Å². The lowest BCUT2D eigenvalue weighted by Gasteiger charge is -2.26. The molecule has 0 saturated carbocycles. The van der Waals surface area contributed by atoms with Gasteiger partial charge in [0.2, 0.25) is 0 Å². The fourth-order valence-corrected chi connectivity index (χ4v) is 3.53. The van der Waals surface area contributed by atoms with Crippen molar-refractivity contribution in [1.82, 2.24) is 0 Å². The van der Waals surface area contributed by atoms with Gasteiger partial charge in [0.15, 0.2) is 0 Å². The fourth-order valence-electron chi connectivity index (χ4n) is 3.53. The smallest absolute Gasteiger partial charge is 0.103 e. The van der Waals surface area contributed by atoms with Gasteiger partial charge in [-0.1, -0.05) is 104 Å². The van der Waals surface area contributed by atoms with Crippen LogP contribution in [0.25, 0.3) is 0 Å². The summed E-state index contributed by atoms with van der Waals surface area (Å²) in [6.07, 6.45) is 19.2. The molecule has 0 aromatic carbocycles. The van der Waals surface area contributed by atoms with Crippen LogP contribution in [0.3, 0.4) is 0 Å². The van der Waals surface area contributed by atoms with E-state index in [4.69, 9.17) is 4.74 Å². The molecule has 158 valence electrons. The lowest BCUT2D eigenvalue weighted by molar-refractivity contribution is -0.0918. The van der Waals surface area contributed by atoms with Crippen LogP contribution < -0.4 is 0 Å². The molecule has 0 rings (SSSR count). The molecular weight excluding hydrogens is 324 g/mol. The lowest BCUT2D eigenvalue weighted by Crippen LogP contribution is -2.34. The van der Waals surface area contributed by atoms with E-state index in [2.05, 4.69) is 20.8 Å². The van der Waals surface area contributed by atoms with Gasteiger partial charge in [-0.25, -0.2) is 0 Å². The Bertz CT molecular complexity index is 270. The SMILES string of the molecule is CCCCCCCCCCCCC(OC(C)CCCCCC)C(O)CO. The van der Waals surface area contributed by atoms with Crippen molar-refractivity contribution < 1.29 is 14.9 Å². The maximum Gasteiger partial charge on any atom is 0.103 e. The second kappa shape index (κ2) is 19.6. The molecule has 3 nitrogen and oxygen atoms in total. The minimum atomic E-state index is -0.744. The zero-order valence-electron chi connectivity index (χ0n) is 18.1. The van der Waals surface area contributed by atoms with Gasteiger partial charge < -0.3 is 14.9 Å². The second-order valence-electron chi connectivity index (χ2n) is 8.06. The van der Waals surface area contributed by atoms with Gasteiger partial charge in [0.1, 0.15) is 6.10 Å². The molecule has 3 atom stereocenters. The highest BCUT2D eigenvalue weighted by Crippen LogP contribution is 2.17. The summed E-state index contributed by atoms with van der Waals surface area (Å²) < 4.78 is 6.06. The first kappa shape index (κ1) is 25.9. The minimum absolute atomic E-state index is 0.168. The van der Waals surface area contributed by atoms with Crippen LogP contribution in [-0.4, -0.2) is 35.1 Å². The first-order chi connectivity index (χ1) is 12.7. The Labute approximate surface area is 163 Å². The standard InChI is InChI=1S/C23H48O3/c1-4-6-8-10-11-12-13-14-15-17-19-23(22(25)20-24)26-21(3)18-16-9-7-5-2/h21-25H,4-20H2,1-3H3. The average molecular weight is 373 g/mol. The molecule has 26 heavy (non-hydrogen) atoms. The number of hydrogen-bond acceptors (Lipinski definition) is 3. The van der Waals surface area contributed by atoms with E-state index < -0.39 is 6.10 Å². The van der Waals surface area contributed by atoms with Crippen LogP contribution in [0, 0.1) is 0 Å². The highest BCUT2D eigenvalue weighted by Gasteiger charge is 2.21. The molecule has 0 radical (unpaired) electrons. The molecule has 3 unspecified atom stereocenters. The van der Waals surface area contributed by atoms with Crippen LogP contribution in [0.15, 0.2) is 0 Å². The predicted molar refractivity (Wildman–Crippen MR) is 113 cm³/mol. The zero-order chi connectivity index (χ0) is 19.5. The topological polar surface area (TPSA) is 49.7 Å². The zero-order valence-corrected chi connectivity index (χ0v) is 18.1. The van der Waals surface area contributed by atoms with Crippen molar-refractivity contribution in [3.8, 4) is 0 Å². The minimum Gasteiger partial charge on any atom is -0.394 e. The number of aliphatic hydroxyl groups excluding tert-OH is 2. The number of hydrogen-bond donors (Lipinski definition) is 2. The van der Waals surface area contributed by atoms with Crippen molar-refractivity contribution >= 4 is 0 Å². The van der Waals surface area contributed by atoms with Crippen LogP contribution in [0.4, 0.5) is 0 Å². The number of ether oxygens (including phenoxy) is 1. The Morgan fingerprint density at radius 3 is 1.58 bits per heavy atom. The third-order valence-corrected chi connectivity index (χ3v) is 5.33. The third-order valence-electron chi connectivity index (χ3n) is 5.33.